The highest BCUT2D eigenvalue weighted by atomic mass is 32.2. The van der Waals surface area contributed by atoms with Crippen molar-refractivity contribution in [2.75, 3.05) is 18.1 Å². The zero-order valence-corrected chi connectivity index (χ0v) is 15.7. The molecular formula is C21H20N2O3S. The predicted octanol–water partition coefficient (Wildman–Crippen LogP) is 4.28. The van der Waals surface area contributed by atoms with Gasteiger partial charge < -0.3 is 14.6 Å². The van der Waals surface area contributed by atoms with E-state index in [1.165, 1.54) is 4.90 Å². The van der Waals surface area contributed by atoms with Gasteiger partial charge in [0.2, 0.25) is 5.91 Å². The molecule has 0 saturated carbocycles. The number of amides is 2. The van der Waals surface area contributed by atoms with Crippen LogP contribution >= 0.6 is 11.8 Å². The molecule has 3 rings (SSSR count). The molecule has 27 heavy (non-hydrogen) atoms. The summed E-state index contributed by atoms with van der Waals surface area (Å²) in [6, 6.07) is 20.1. The van der Waals surface area contributed by atoms with Gasteiger partial charge >= 0.3 is 0 Å². The van der Waals surface area contributed by atoms with Crippen LogP contribution in [0.2, 0.25) is 0 Å². The van der Waals surface area contributed by atoms with E-state index < -0.39 is 0 Å². The second kappa shape index (κ2) is 9.09. The zero-order chi connectivity index (χ0) is 19.1. The molecule has 3 aromatic rings. The summed E-state index contributed by atoms with van der Waals surface area (Å²) in [6.07, 6.45) is 3.53. The number of benzene rings is 2. The van der Waals surface area contributed by atoms with Crippen molar-refractivity contribution in [2.24, 2.45) is 0 Å². The number of nitrogens with zero attached hydrogens (tertiary/aromatic N) is 1. The van der Waals surface area contributed by atoms with Gasteiger partial charge in [0, 0.05) is 16.1 Å². The molecule has 0 unspecified atom stereocenters. The minimum absolute atomic E-state index is 0.0707. The Labute approximate surface area is 162 Å². The minimum Gasteiger partial charge on any atom is -0.467 e. The number of carbonyl (C=O) groups excluding carboxylic acids is 2. The molecule has 0 fully saturated rings. The minimum atomic E-state index is -0.262. The maximum absolute atomic E-state index is 13.0. The summed E-state index contributed by atoms with van der Waals surface area (Å²) in [5.41, 5.74) is 1.23. The fraction of sp³-hybridized carbons (Fsp3) is 0.143. The van der Waals surface area contributed by atoms with Gasteiger partial charge in [-0.25, -0.2) is 0 Å². The van der Waals surface area contributed by atoms with Crippen molar-refractivity contribution >= 4 is 29.3 Å². The van der Waals surface area contributed by atoms with Crippen LogP contribution in [0.1, 0.15) is 16.1 Å². The van der Waals surface area contributed by atoms with Gasteiger partial charge in [-0.2, -0.15) is 0 Å². The summed E-state index contributed by atoms with van der Waals surface area (Å²) >= 11 is 1.61. The van der Waals surface area contributed by atoms with Crippen LogP contribution in [0, 0.1) is 0 Å². The second-order valence-electron chi connectivity index (χ2n) is 5.88. The van der Waals surface area contributed by atoms with Crippen molar-refractivity contribution < 1.29 is 14.0 Å². The third-order valence-electron chi connectivity index (χ3n) is 3.94. The monoisotopic (exact) mass is 380 g/mol. The SMILES string of the molecule is CSc1ccc(C(=O)N(CC(=O)Nc2ccccc2)Cc2ccco2)cc1. The van der Waals surface area contributed by atoms with E-state index in [2.05, 4.69) is 5.32 Å². The number of carbonyl (C=O) groups is 2. The maximum Gasteiger partial charge on any atom is 0.254 e. The molecule has 0 aliphatic heterocycles. The number of furan rings is 1. The highest BCUT2D eigenvalue weighted by molar-refractivity contribution is 7.98. The maximum atomic E-state index is 13.0. The number of hydrogen-bond acceptors (Lipinski definition) is 4. The van der Waals surface area contributed by atoms with E-state index in [9.17, 15) is 9.59 Å². The van der Waals surface area contributed by atoms with Crippen molar-refractivity contribution in [3.63, 3.8) is 0 Å². The number of anilines is 1. The molecule has 0 saturated heterocycles. The molecule has 1 heterocycles. The summed E-state index contributed by atoms with van der Waals surface area (Å²) < 4.78 is 5.36. The molecule has 5 nitrogen and oxygen atoms in total. The number of thioether (sulfide) groups is 1. The summed E-state index contributed by atoms with van der Waals surface area (Å²) in [5, 5.41) is 2.81. The molecule has 0 bridgehead atoms. The molecule has 1 aromatic heterocycles. The van der Waals surface area contributed by atoms with E-state index in [1.807, 2.05) is 36.6 Å². The molecule has 2 amide bonds. The largest absolute Gasteiger partial charge is 0.467 e. The van der Waals surface area contributed by atoms with Crippen LogP contribution < -0.4 is 5.32 Å². The normalized spacial score (nSPS) is 10.4. The molecule has 0 aliphatic carbocycles. The zero-order valence-electron chi connectivity index (χ0n) is 14.9. The topological polar surface area (TPSA) is 62.6 Å². The van der Waals surface area contributed by atoms with E-state index in [1.54, 1.807) is 54.4 Å². The fourth-order valence-electron chi connectivity index (χ4n) is 2.60. The quantitative estimate of drug-likeness (QED) is 0.622. The third-order valence-corrected chi connectivity index (χ3v) is 4.69. The van der Waals surface area contributed by atoms with E-state index in [4.69, 9.17) is 4.42 Å². The first-order valence-corrected chi connectivity index (χ1v) is 9.69. The van der Waals surface area contributed by atoms with Gasteiger partial charge in [-0.1, -0.05) is 18.2 Å². The van der Waals surface area contributed by atoms with Crippen molar-refractivity contribution in [1.29, 1.82) is 0 Å². The number of nitrogens with one attached hydrogen (secondary N) is 1. The van der Waals surface area contributed by atoms with E-state index >= 15 is 0 Å². The molecule has 0 aliphatic rings. The first-order chi connectivity index (χ1) is 13.2. The predicted molar refractivity (Wildman–Crippen MR) is 107 cm³/mol. The number of rotatable bonds is 7. The van der Waals surface area contributed by atoms with Gasteiger partial charge in [0.25, 0.3) is 5.91 Å². The first kappa shape index (κ1) is 18.8. The van der Waals surface area contributed by atoms with E-state index in [0.717, 1.165) is 4.90 Å². The van der Waals surface area contributed by atoms with Crippen LogP contribution in [0.5, 0.6) is 0 Å². The van der Waals surface area contributed by atoms with Crippen molar-refractivity contribution in [3.05, 3.63) is 84.3 Å². The van der Waals surface area contributed by atoms with Gasteiger partial charge in [0.1, 0.15) is 12.3 Å². The van der Waals surface area contributed by atoms with Crippen LogP contribution in [0.25, 0.3) is 0 Å². The third kappa shape index (κ3) is 5.24. The average molecular weight is 380 g/mol. The molecule has 2 aromatic carbocycles. The summed E-state index contributed by atoms with van der Waals surface area (Å²) in [4.78, 5) is 28.0. The molecule has 0 atom stereocenters. The number of hydrogen-bond donors (Lipinski definition) is 1. The highest BCUT2D eigenvalue weighted by Crippen LogP contribution is 2.17. The Morgan fingerprint density at radius 2 is 1.74 bits per heavy atom. The highest BCUT2D eigenvalue weighted by Gasteiger charge is 2.20. The van der Waals surface area contributed by atoms with Gasteiger partial charge in [0.15, 0.2) is 0 Å². The van der Waals surface area contributed by atoms with Crippen LogP contribution in [0.15, 0.2) is 82.3 Å². The fourth-order valence-corrected chi connectivity index (χ4v) is 3.01. The molecule has 6 heteroatoms. The van der Waals surface area contributed by atoms with Crippen LogP contribution in [0.4, 0.5) is 5.69 Å². The Morgan fingerprint density at radius 1 is 1.00 bits per heavy atom. The Balaban J connectivity index is 1.75. The Bertz CT molecular complexity index is 878. The van der Waals surface area contributed by atoms with Gasteiger partial charge in [-0.05, 0) is 54.8 Å². The van der Waals surface area contributed by atoms with Gasteiger partial charge in [-0.3, -0.25) is 9.59 Å². The molecule has 1 N–H and O–H groups in total. The first-order valence-electron chi connectivity index (χ1n) is 8.46. The standard InChI is InChI=1S/C21H20N2O3S/c1-27-19-11-9-16(10-12-19)21(25)23(14-18-8-5-13-26-18)15-20(24)22-17-6-3-2-4-7-17/h2-13H,14-15H2,1H3,(H,22,24). The Morgan fingerprint density at radius 3 is 2.37 bits per heavy atom. The lowest BCUT2D eigenvalue weighted by Crippen LogP contribution is -2.37. The van der Waals surface area contributed by atoms with Crippen LogP contribution in [-0.2, 0) is 11.3 Å². The van der Waals surface area contributed by atoms with Crippen molar-refractivity contribution in [1.82, 2.24) is 4.90 Å². The number of para-hydroxylation sites is 1. The molecule has 0 spiro atoms. The van der Waals surface area contributed by atoms with E-state index in [0.29, 0.717) is 17.0 Å². The Kier molecular flexibility index (Phi) is 6.33. The smallest absolute Gasteiger partial charge is 0.254 e. The molecule has 138 valence electrons. The summed E-state index contributed by atoms with van der Waals surface area (Å²) in [5.74, 6) is 0.140. The lowest BCUT2D eigenvalue weighted by atomic mass is 10.2. The average Bonchev–Trinajstić information content (AvgIpc) is 3.21. The van der Waals surface area contributed by atoms with Crippen LogP contribution in [0.3, 0.4) is 0 Å². The second-order valence-corrected chi connectivity index (χ2v) is 6.76. The Hall–Kier alpha value is -2.99. The van der Waals surface area contributed by atoms with Gasteiger partial charge in [-0.15, -0.1) is 11.8 Å². The van der Waals surface area contributed by atoms with Gasteiger partial charge in [0.05, 0.1) is 12.8 Å². The van der Waals surface area contributed by atoms with Crippen molar-refractivity contribution in [2.45, 2.75) is 11.4 Å². The summed E-state index contributed by atoms with van der Waals surface area (Å²) in [7, 11) is 0. The lowest BCUT2D eigenvalue weighted by molar-refractivity contribution is -0.117. The van der Waals surface area contributed by atoms with Crippen molar-refractivity contribution in [3.8, 4) is 0 Å². The van der Waals surface area contributed by atoms with Crippen LogP contribution in [-0.4, -0.2) is 29.5 Å². The molecule has 0 radical (unpaired) electrons. The molecular weight excluding hydrogens is 360 g/mol. The lowest BCUT2D eigenvalue weighted by Gasteiger charge is -2.21. The van der Waals surface area contributed by atoms with E-state index in [-0.39, 0.29) is 24.9 Å². The summed E-state index contributed by atoms with van der Waals surface area (Å²) in [6.45, 7) is 0.150.